The molecule has 6 heteroatoms. The first kappa shape index (κ1) is 16.3. The fraction of sp³-hybridized carbons (Fsp3) is 0.222. The van der Waals surface area contributed by atoms with Gasteiger partial charge in [0.25, 0.3) is 0 Å². The molecule has 0 bridgehead atoms. The molecule has 3 rings (SSSR count). The molecular formula is C18H17F2N3O. The summed E-state index contributed by atoms with van der Waals surface area (Å²) in [6.45, 7) is 2.06. The summed E-state index contributed by atoms with van der Waals surface area (Å²) < 4.78 is 32.3. The van der Waals surface area contributed by atoms with Crippen LogP contribution in [0, 0.1) is 18.6 Å². The average molecular weight is 329 g/mol. The second kappa shape index (κ2) is 7.31. The van der Waals surface area contributed by atoms with E-state index in [2.05, 4.69) is 15.5 Å². The van der Waals surface area contributed by atoms with E-state index in [1.165, 1.54) is 24.3 Å². The Kier molecular flexibility index (Phi) is 4.96. The third-order valence-corrected chi connectivity index (χ3v) is 3.65. The van der Waals surface area contributed by atoms with Crippen LogP contribution >= 0.6 is 0 Å². The largest absolute Gasteiger partial charge is 0.424 e. The van der Waals surface area contributed by atoms with Gasteiger partial charge in [-0.2, -0.15) is 0 Å². The molecule has 0 fully saturated rings. The van der Waals surface area contributed by atoms with Gasteiger partial charge in [0, 0.05) is 13.0 Å². The van der Waals surface area contributed by atoms with Crippen molar-refractivity contribution in [2.24, 2.45) is 0 Å². The molecule has 0 unspecified atom stereocenters. The summed E-state index contributed by atoms with van der Waals surface area (Å²) in [6.07, 6.45) is 0.508. The summed E-state index contributed by atoms with van der Waals surface area (Å²) in [5, 5.41) is 11.0. The van der Waals surface area contributed by atoms with Crippen LogP contribution in [0.1, 0.15) is 29.0 Å². The number of halogens is 2. The molecule has 0 saturated heterocycles. The zero-order valence-electron chi connectivity index (χ0n) is 13.2. The van der Waals surface area contributed by atoms with Gasteiger partial charge in [0.15, 0.2) is 0 Å². The number of aromatic nitrogens is 2. The zero-order valence-corrected chi connectivity index (χ0v) is 13.2. The van der Waals surface area contributed by atoms with E-state index < -0.39 is 0 Å². The molecular weight excluding hydrogens is 312 g/mol. The zero-order chi connectivity index (χ0) is 16.9. The lowest BCUT2D eigenvalue weighted by molar-refractivity contribution is 0.421. The Morgan fingerprint density at radius 3 is 2.46 bits per heavy atom. The number of hydrogen-bond acceptors (Lipinski definition) is 4. The molecule has 0 aliphatic rings. The van der Waals surface area contributed by atoms with Crippen molar-refractivity contribution in [1.82, 2.24) is 15.5 Å². The van der Waals surface area contributed by atoms with Crippen molar-refractivity contribution in [2.45, 2.75) is 25.9 Å². The van der Waals surface area contributed by atoms with E-state index >= 15 is 0 Å². The first-order valence-corrected chi connectivity index (χ1v) is 7.62. The third-order valence-electron chi connectivity index (χ3n) is 3.65. The predicted molar refractivity (Wildman–Crippen MR) is 85.1 cm³/mol. The van der Waals surface area contributed by atoms with Crippen molar-refractivity contribution >= 4 is 0 Å². The molecule has 0 amide bonds. The van der Waals surface area contributed by atoms with Crippen LogP contribution in [-0.2, 0) is 13.0 Å². The van der Waals surface area contributed by atoms with E-state index in [0.29, 0.717) is 24.7 Å². The Bertz CT molecular complexity index is 819. The van der Waals surface area contributed by atoms with Crippen LogP contribution in [0.3, 0.4) is 0 Å². The normalized spacial score (nSPS) is 12.3. The Balaban J connectivity index is 1.80. The lowest BCUT2D eigenvalue weighted by Crippen LogP contribution is -2.23. The molecule has 0 saturated carbocycles. The van der Waals surface area contributed by atoms with Gasteiger partial charge in [-0.15, -0.1) is 10.2 Å². The topological polar surface area (TPSA) is 51.0 Å². The van der Waals surface area contributed by atoms with Gasteiger partial charge in [-0.05, 0) is 41.8 Å². The maximum atomic E-state index is 13.6. The third kappa shape index (κ3) is 4.23. The minimum Gasteiger partial charge on any atom is -0.424 e. The monoisotopic (exact) mass is 329 g/mol. The minimum absolute atomic E-state index is 0.213. The van der Waals surface area contributed by atoms with Gasteiger partial charge < -0.3 is 9.73 Å². The average Bonchev–Trinajstić information content (AvgIpc) is 2.97. The Morgan fingerprint density at radius 1 is 1.04 bits per heavy atom. The molecule has 1 aromatic heterocycles. The van der Waals surface area contributed by atoms with Gasteiger partial charge in [-0.25, -0.2) is 8.78 Å². The van der Waals surface area contributed by atoms with Crippen LogP contribution in [0.5, 0.6) is 0 Å². The highest BCUT2D eigenvalue weighted by molar-refractivity contribution is 5.25. The summed E-state index contributed by atoms with van der Waals surface area (Å²) >= 11 is 0. The van der Waals surface area contributed by atoms with E-state index in [0.717, 1.165) is 11.1 Å². The van der Waals surface area contributed by atoms with Gasteiger partial charge in [-0.3, -0.25) is 0 Å². The molecule has 1 N–H and O–H groups in total. The summed E-state index contributed by atoms with van der Waals surface area (Å²) in [5.74, 6) is 0.331. The molecule has 3 aromatic rings. The quantitative estimate of drug-likeness (QED) is 0.749. The minimum atomic E-state index is -0.313. The first-order chi connectivity index (χ1) is 11.6. The Hall–Kier alpha value is -2.60. The smallest absolute Gasteiger partial charge is 0.230 e. The SMILES string of the molecule is Cc1nnc(CN[C@H](Cc2cccc(F)c2)c2cccc(F)c2)o1. The molecule has 0 spiro atoms. The highest BCUT2D eigenvalue weighted by atomic mass is 19.1. The highest BCUT2D eigenvalue weighted by Gasteiger charge is 2.15. The van der Waals surface area contributed by atoms with Crippen molar-refractivity contribution in [3.05, 3.63) is 83.1 Å². The number of hydrogen-bond donors (Lipinski definition) is 1. The molecule has 1 atom stereocenters. The molecule has 124 valence electrons. The lowest BCUT2D eigenvalue weighted by atomic mass is 9.98. The van der Waals surface area contributed by atoms with Crippen molar-refractivity contribution < 1.29 is 13.2 Å². The van der Waals surface area contributed by atoms with Gasteiger partial charge in [0.05, 0.1) is 6.54 Å². The van der Waals surface area contributed by atoms with Gasteiger partial charge in [0.2, 0.25) is 11.8 Å². The van der Waals surface area contributed by atoms with Crippen LogP contribution in [0.15, 0.2) is 52.9 Å². The van der Waals surface area contributed by atoms with Crippen molar-refractivity contribution in [1.29, 1.82) is 0 Å². The molecule has 2 aromatic carbocycles. The summed E-state index contributed by atoms with van der Waals surface area (Å²) in [4.78, 5) is 0. The molecule has 0 aliphatic carbocycles. The maximum absolute atomic E-state index is 13.6. The van der Waals surface area contributed by atoms with Crippen LogP contribution in [-0.4, -0.2) is 10.2 Å². The standard InChI is InChI=1S/C18H17F2N3O/c1-12-22-23-18(24-12)11-21-17(14-5-3-7-16(20)10-14)9-13-4-2-6-15(19)8-13/h2-8,10,17,21H,9,11H2,1H3/t17-/m1/s1. The number of nitrogens with zero attached hydrogens (tertiary/aromatic N) is 2. The fourth-order valence-electron chi connectivity index (χ4n) is 2.55. The maximum Gasteiger partial charge on any atom is 0.230 e. The summed E-state index contributed by atoms with van der Waals surface area (Å²) in [7, 11) is 0. The second-order valence-corrected chi connectivity index (χ2v) is 5.54. The number of rotatable bonds is 6. The Labute approximate surface area is 138 Å². The van der Waals surface area contributed by atoms with Crippen LogP contribution in [0.2, 0.25) is 0 Å². The predicted octanol–water partition coefficient (Wildman–Crippen LogP) is 3.73. The van der Waals surface area contributed by atoms with Crippen LogP contribution < -0.4 is 5.32 Å². The van der Waals surface area contributed by atoms with E-state index in [4.69, 9.17) is 4.42 Å². The van der Waals surface area contributed by atoms with Crippen LogP contribution in [0.25, 0.3) is 0 Å². The van der Waals surface area contributed by atoms with E-state index in [9.17, 15) is 8.78 Å². The molecule has 0 radical (unpaired) electrons. The van der Waals surface area contributed by atoms with Gasteiger partial charge in [0.1, 0.15) is 11.6 Å². The van der Waals surface area contributed by atoms with Crippen molar-refractivity contribution in [3.63, 3.8) is 0 Å². The highest BCUT2D eigenvalue weighted by Crippen LogP contribution is 2.20. The van der Waals surface area contributed by atoms with E-state index in [1.54, 1.807) is 19.1 Å². The molecule has 24 heavy (non-hydrogen) atoms. The molecule has 4 nitrogen and oxygen atoms in total. The van der Waals surface area contributed by atoms with Crippen LogP contribution in [0.4, 0.5) is 8.78 Å². The summed E-state index contributed by atoms with van der Waals surface area (Å²) in [5.41, 5.74) is 1.59. The first-order valence-electron chi connectivity index (χ1n) is 7.62. The number of benzene rings is 2. The number of aryl methyl sites for hydroxylation is 1. The van der Waals surface area contributed by atoms with Gasteiger partial charge in [-0.1, -0.05) is 24.3 Å². The summed E-state index contributed by atoms with van der Waals surface area (Å²) in [6, 6.07) is 12.5. The fourth-order valence-corrected chi connectivity index (χ4v) is 2.55. The van der Waals surface area contributed by atoms with Gasteiger partial charge >= 0.3 is 0 Å². The van der Waals surface area contributed by atoms with E-state index in [-0.39, 0.29) is 17.7 Å². The number of nitrogens with one attached hydrogen (secondary N) is 1. The van der Waals surface area contributed by atoms with Crippen molar-refractivity contribution in [2.75, 3.05) is 0 Å². The second-order valence-electron chi connectivity index (χ2n) is 5.54. The molecule has 0 aliphatic heterocycles. The van der Waals surface area contributed by atoms with E-state index in [1.807, 2.05) is 12.1 Å². The van der Waals surface area contributed by atoms with Crippen molar-refractivity contribution in [3.8, 4) is 0 Å². The Morgan fingerprint density at radius 2 is 1.79 bits per heavy atom. The molecule has 1 heterocycles. The lowest BCUT2D eigenvalue weighted by Gasteiger charge is -2.19.